The van der Waals surface area contributed by atoms with Crippen molar-refractivity contribution in [3.05, 3.63) is 35.4 Å². The predicted molar refractivity (Wildman–Crippen MR) is 86.5 cm³/mol. The molecule has 1 aliphatic carbocycles. The maximum atomic E-state index is 13.9. The summed E-state index contributed by atoms with van der Waals surface area (Å²) in [5, 5.41) is 3.02. The Bertz CT molecular complexity index is 576. The van der Waals surface area contributed by atoms with Gasteiger partial charge in [0.15, 0.2) is 0 Å². The third-order valence-corrected chi connectivity index (χ3v) is 4.66. The molecule has 2 amide bonds. The van der Waals surface area contributed by atoms with Gasteiger partial charge in [0.2, 0.25) is 0 Å². The Kier molecular flexibility index (Phi) is 5.04. The minimum absolute atomic E-state index is 0.0305. The number of hydrogen-bond acceptors (Lipinski definition) is 2. The number of halogens is 2. The fourth-order valence-electron chi connectivity index (χ4n) is 3.39. The van der Waals surface area contributed by atoms with Crippen LogP contribution in [0.25, 0.3) is 0 Å². The molecule has 6 heteroatoms. The molecule has 1 heterocycles. The first-order valence-electron chi connectivity index (χ1n) is 8.59. The number of urea groups is 1. The zero-order valence-corrected chi connectivity index (χ0v) is 14.1. The van der Waals surface area contributed by atoms with Gasteiger partial charge in [0.05, 0.1) is 18.8 Å². The maximum absolute atomic E-state index is 13.9. The lowest BCUT2D eigenvalue weighted by atomic mass is 10.00. The van der Waals surface area contributed by atoms with E-state index in [-0.39, 0.29) is 42.4 Å². The largest absolute Gasteiger partial charge is 0.375 e. The molecule has 1 aromatic rings. The maximum Gasteiger partial charge on any atom is 0.318 e. The lowest BCUT2D eigenvalue weighted by Gasteiger charge is -2.34. The average Bonchev–Trinajstić information content (AvgIpc) is 3.30. The summed E-state index contributed by atoms with van der Waals surface area (Å²) in [6.45, 7) is 3.94. The van der Waals surface area contributed by atoms with Crippen LogP contribution in [0.4, 0.5) is 13.6 Å². The highest BCUT2D eigenvalue weighted by molar-refractivity contribution is 5.75. The summed E-state index contributed by atoms with van der Waals surface area (Å²) in [4.78, 5) is 14.2. The highest BCUT2D eigenvalue weighted by atomic mass is 19.1. The van der Waals surface area contributed by atoms with Crippen molar-refractivity contribution in [2.45, 2.75) is 70.4 Å². The fraction of sp³-hybridized carbons (Fsp3) is 0.611. The molecule has 3 atom stereocenters. The third kappa shape index (κ3) is 4.04. The lowest BCUT2D eigenvalue weighted by Crippen LogP contribution is -2.49. The minimum atomic E-state index is -0.609. The highest BCUT2D eigenvalue weighted by Gasteiger charge is 2.35. The molecule has 0 aromatic heterocycles. The number of rotatable bonds is 4. The number of nitrogens with zero attached hydrogens (tertiary/aromatic N) is 1. The number of carbonyl (C=O) groups is 1. The first kappa shape index (κ1) is 17.1. The van der Waals surface area contributed by atoms with Crippen LogP contribution in [0.15, 0.2) is 18.2 Å². The van der Waals surface area contributed by atoms with Crippen LogP contribution in [0.1, 0.15) is 45.1 Å². The van der Waals surface area contributed by atoms with E-state index in [2.05, 4.69) is 5.32 Å². The van der Waals surface area contributed by atoms with E-state index < -0.39 is 11.6 Å². The van der Waals surface area contributed by atoms with Crippen LogP contribution in [-0.2, 0) is 11.3 Å². The topological polar surface area (TPSA) is 41.6 Å². The molecule has 4 nitrogen and oxygen atoms in total. The molecule has 2 aliphatic rings. The van der Waals surface area contributed by atoms with Gasteiger partial charge in [-0.1, -0.05) is 6.07 Å². The molecule has 1 unspecified atom stereocenters. The van der Waals surface area contributed by atoms with Crippen LogP contribution in [0, 0.1) is 11.6 Å². The molecule has 0 bridgehead atoms. The van der Waals surface area contributed by atoms with Crippen molar-refractivity contribution >= 4 is 6.03 Å². The Morgan fingerprint density at radius 3 is 2.33 bits per heavy atom. The van der Waals surface area contributed by atoms with Crippen molar-refractivity contribution in [1.82, 2.24) is 10.2 Å². The second kappa shape index (κ2) is 7.05. The molecule has 2 fully saturated rings. The molecule has 1 N–H and O–H groups in total. The van der Waals surface area contributed by atoms with Gasteiger partial charge in [-0.25, -0.2) is 13.6 Å². The Morgan fingerprint density at radius 1 is 1.21 bits per heavy atom. The summed E-state index contributed by atoms with van der Waals surface area (Å²) in [6, 6.07) is 3.64. The zero-order chi connectivity index (χ0) is 17.3. The van der Waals surface area contributed by atoms with E-state index in [0.717, 1.165) is 25.7 Å². The van der Waals surface area contributed by atoms with Gasteiger partial charge >= 0.3 is 6.03 Å². The smallest absolute Gasteiger partial charge is 0.318 e. The molecule has 132 valence electrons. The molecule has 1 saturated heterocycles. The number of ether oxygens (including phenoxy) is 1. The fourth-order valence-corrected chi connectivity index (χ4v) is 3.39. The molecule has 3 rings (SSSR count). The van der Waals surface area contributed by atoms with Crippen molar-refractivity contribution in [3.8, 4) is 0 Å². The SMILES string of the molecule is C[C@@H]1CC(NC(=O)N(Cc2c(F)cccc2F)C2CC2)C[C@H](C)O1. The van der Waals surface area contributed by atoms with Gasteiger partial charge in [-0.3, -0.25) is 0 Å². The Balaban J connectivity index is 1.68. The van der Waals surface area contributed by atoms with Gasteiger partial charge in [0.25, 0.3) is 0 Å². The molecule has 1 aliphatic heterocycles. The standard InChI is InChI=1S/C18H24F2N2O2/c1-11-8-13(9-12(2)24-11)21-18(23)22(14-6-7-14)10-15-16(19)4-3-5-17(15)20/h3-5,11-14H,6-10H2,1-2H3,(H,21,23)/t11-,12+,13?. The summed E-state index contributed by atoms with van der Waals surface area (Å²) < 4.78 is 33.5. The Labute approximate surface area is 141 Å². The first-order valence-corrected chi connectivity index (χ1v) is 8.59. The van der Waals surface area contributed by atoms with Crippen LogP contribution < -0.4 is 5.32 Å². The third-order valence-electron chi connectivity index (χ3n) is 4.66. The first-order chi connectivity index (χ1) is 11.4. The Hall–Kier alpha value is -1.69. The summed E-state index contributed by atoms with van der Waals surface area (Å²) in [6.07, 6.45) is 3.45. The normalized spacial score (nSPS) is 26.9. The molecule has 0 spiro atoms. The average molecular weight is 338 g/mol. The van der Waals surface area contributed by atoms with Crippen molar-refractivity contribution in [2.24, 2.45) is 0 Å². The van der Waals surface area contributed by atoms with Crippen LogP contribution in [0.2, 0.25) is 0 Å². The van der Waals surface area contributed by atoms with Crippen molar-refractivity contribution in [1.29, 1.82) is 0 Å². The molecule has 1 aromatic carbocycles. The van der Waals surface area contributed by atoms with E-state index in [1.165, 1.54) is 18.2 Å². The highest BCUT2D eigenvalue weighted by Crippen LogP contribution is 2.30. The van der Waals surface area contributed by atoms with Crippen LogP contribution in [-0.4, -0.2) is 35.2 Å². The summed E-state index contributed by atoms with van der Waals surface area (Å²) >= 11 is 0. The van der Waals surface area contributed by atoms with Crippen molar-refractivity contribution in [3.63, 3.8) is 0 Å². The van der Waals surface area contributed by atoms with Gasteiger partial charge in [-0.05, 0) is 51.7 Å². The van der Waals surface area contributed by atoms with Gasteiger partial charge in [0.1, 0.15) is 11.6 Å². The number of nitrogens with one attached hydrogen (secondary N) is 1. The van der Waals surface area contributed by atoms with Crippen LogP contribution in [0.5, 0.6) is 0 Å². The summed E-state index contributed by atoms with van der Waals surface area (Å²) in [5.74, 6) is -1.22. The number of amides is 2. The monoisotopic (exact) mass is 338 g/mol. The van der Waals surface area contributed by atoms with E-state index >= 15 is 0 Å². The summed E-state index contributed by atoms with van der Waals surface area (Å²) in [7, 11) is 0. The van der Waals surface area contributed by atoms with Crippen molar-refractivity contribution in [2.75, 3.05) is 0 Å². The van der Waals surface area contributed by atoms with Gasteiger partial charge in [0, 0.05) is 17.6 Å². The lowest BCUT2D eigenvalue weighted by molar-refractivity contribution is -0.0407. The number of carbonyl (C=O) groups excluding carboxylic acids is 1. The van der Waals surface area contributed by atoms with E-state index in [1.807, 2.05) is 13.8 Å². The molecule has 1 saturated carbocycles. The van der Waals surface area contributed by atoms with Gasteiger partial charge in [-0.2, -0.15) is 0 Å². The van der Waals surface area contributed by atoms with E-state index in [9.17, 15) is 13.6 Å². The van der Waals surface area contributed by atoms with Crippen LogP contribution in [0.3, 0.4) is 0 Å². The van der Waals surface area contributed by atoms with Crippen LogP contribution >= 0.6 is 0 Å². The summed E-state index contributed by atoms with van der Waals surface area (Å²) in [5.41, 5.74) is -0.0479. The Morgan fingerprint density at radius 2 is 1.79 bits per heavy atom. The molecule has 0 radical (unpaired) electrons. The zero-order valence-electron chi connectivity index (χ0n) is 14.1. The van der Waals surface area contributed by atoms with E-state index in [4.69, 9.17) is 4.74 Å². The molecular formula is C18H24F2N2O2. The second-order valence-corrected chi connectivity index (χ2v) is 6.93. The number of hydrogen-bond donors (Lipinski definition) is 1. The molecular weight excluding hydrogens is 314 g/mol. The second-order valence-electron chi connectivity index (χ2n) is 6.93. The predicted octanol–water partition coefficient (Wildman–Crippen LogP) is 3.59. The van der Waals surface area contributed by atoms with Crippen molar-refractivity contribution < 1.29 is 18.3 Å². The minimum Gasteiger partial charge on any atom is -0.375 e. The number of benzene rings is 1. The molecule has 24 heavy (non-hydrogen) atoms. The van der Waals surface area contributed by atoms with E-state index in [1.54, 1.807) is 4.90 Å². The van der Waals surface area contributed by atoms with E-state index in [0.29, 0.717) is 0 Å². The quantitative estimate of drug-likeness (QED) is 0.911. The van der Waals surface area contributed by atoms with Gasteiger partial charge in [-0.15, -0.1) is 0 Å². The van der Waals surface area contributed by atoms with Gasteiger partial charge < -0.3 is 15.0 Å².